The summed E-state index contributed by atoms with van der Waals surface area (Å²) in [6.07, 6.45) is 0.767. The molecule has 106 valence electrons. The van der Waals surface area contributed by atoms with Crippen molar-refractivity contribution in [1.29, 1.82) is 5.26 Å². The Morgan fingerprint density at radius 3 is 2.57 bits per heavy atom. The summed E-state index contributed by atoms with van der Waals surface area (Å²) in [7, 11) is 0. The Kier molecular flexibility index (Phi) is 5.50. The predicted octanol–water partition coefficient (Wildman–Crippen LogP) is 2.76. The summed E-state index contributed by atoms with van der Waals surface area (Å²) in [5.41, 5.74) is 2.12. The molecule has 2 aromatic carbocycles. The van der Waals surface area contributed by atoms with Gasteiger partial charge in [0.1, 0.15) is 12.7 Å². The Morgan fingerprint density at radius 2 is 1.81 bits per heavy atom. The third-order valence-corrected chi connectivity index (χ3v) is 2.93. The summed E-state index contributed by atoms with van der Waals surface area (Å²) in [4.78, 5) is 11.7. The van der Waals surface area contributed by atoms with E-state index in [0.29, 0.717) is 17.9 Å². The third-order valence-electron chi connectivity index (χ3n) is 2.93. The second-order valence-electron chi connectivity index (χ2n) is 4.49. The first-order valence-corrected chi connectivity index (χ1v) is 6.70. The van der Waals surface area contributed by atoms with Crippen molar-refractivity contribution < 1.29 is 9.53 Å². The highest BCUT2D eigenvalue weighted by Crippen LogP contribution is 2.13. The molecule has 0 aliphatic carbocycles. The van der Waals surface area contributed by atoms with E-state index in [2.05, 4.69) is 5.32 Å². The van der Waals surface area contributed by atoms with Gasteiger partial charge >= 0.3 is 0 Å². The standard InChI is InChI=1S/C17H16N2O2/c18-12-15-8-4-5-9-16(15)19-17(20)13-21-11-10-14-6-2-1-3-7-14/h1-9H,10-11,13H2,(H,19,20). The van der Waals surface area contributed by atoms with E-state index in [9.17, 15) is 4.79 Å². The lowest BCUT2D eigenvalue weighted by Gasteiger charge is -2.07. The molecule has 21 heavy (non-hydrogen) atoms. The zero-order chi connectivity index (χ0) is 14.9. The van der Waals surface area contributed by atoms with E-state index < -0.39 is 0 Å². The molecular formula is C17H16N2O2. The van der Waals surface area contributed by atoms with Crippen LogP contribution in [0.25, 0.3) is 0 Å². The Morgan fingerprint density at radius 1 is 1.10 bits per heavy atom. The monoisotopic (exact) mass is 280 g/mol. The molecule has 0 aromatic heterocycles. The van der Waals surface area contributed by atoms with Crippen molar-refractivity contribution in [2.24, 2.45) is 0 Å². The maximum Gasteiger partial charge on any atom is 0.250 e. The molecule has 1 amide bonds. The van der Waals surface area contributed by atoms with E-state index in [1.54, 1.807) is 24.3 Å². The van der Waals surface area contributed by atoms with Crippen LogP contribution in [-0.4, -0.2) is 19.1 Å². The average molecular weight is 280 g/mol. The summed E-state index contributed by atoms with van der Waals surface area (Å²) in [5, 5.41) is 11.6. The van der Waals surface area contributed by atoms with E-state index in [1.165, 1.54) is 5.56 Å². The van der Waals surface area contributed by atoms with E-state index in [0.717, 1.165) is 6.42 Å². The lowest BCUT2D eigenvalue weighted by Crippen LogP contribution is -2.19. The fraction of sp³-hybridized carbons (Fsp3) is 0.176. The molecule has 4 heteroatoms. The number of nitriles is 1. The van der Waals surface area contributed by atoms with Crippen LogP contribution in [0.4, 0.5) is 5.69 Å². The summed E-state index contributed by atoms with van der Waals surface area (Å²) < 4.78 is 5.35. The summed E-state index contributed by atoms with van der Waals surface area (Å²) in [6, 6.07) is 18.9. The minimum absolute atomic E-state index is 0.0212. The molecule has 0 saturated carbocycles. The molecule has 0 atom stereocenters. The van der Waals surface area contributed by atoms with Crippen molar-refractivity contribution in [1.82, 2.24) is 0 Å². The van der Waals surface area contributed by atoms with E-state index >= 15 is 0 Å². The van der Waals surface area contributed by atoms with Crippen molar-refractivity contribution in [3.63, 3.8) is 0 Å². The fourth-order valence-electron chi connectivity index (χ4n) is 1.88. The van der Waals surface area contributed by atoms with Gasteiger partial charge in [-0.2, -0.15) is 5.26 Å². The highest BCUT2D eigenvalue weighted by atomic mass is 16.5. The zero-order valence-electron chi connectivity index (χ0n) is 11.6. The molecule has 2 rings (SSSR count). The van der Waals surface area contributed by atoms with Crippen molar-refractivity contribution in [3.8, 4) is 6.07 Å². The Bertz CT molecular complexity index is 633. The van der Waals surface area contributed by atoms with Gasteiger partial charge in [-0.25, -0.2) is 0 Å². The Labute approximate surface area is 124 Å². The van der Waals surface area contributed by atoms with Crippen LogP contribution < -0.4 is 5.32 Å². The largest absolute Gasteiger partial charge is 0.371 e. The van der Waals surface area contributed by atoms with Crippen molar-refractivity contribution in [2.75, 3.05) is 18.5 Å². The number of amides is 1. The van der Waals surface area contributed by atoms with E-state index in [1.807, 2.05) is 36.4 Å². The van der Waals surface area contributed by atoms with Crippen LogP contribution in [0.15, 0.2) is 54.6 Å². The van der Waals surface area contributed by atoms with Gasteiger partial charge in [0.05, 0.1) is 17.9 Å². The topological polar surface area (TPSA) is 62.1 Å². The number of ether oxygens (including phenoxy) is 1. The van der Waals surface area contributed by atoms with Gasteiger partial charge in [-0.15, -0.1) is 0 Å². The minimum atomic E-state index is -0.259. The number of benzene rings is 2. The first kappa shape index (κ1) is 14.8. The van der Waals surface area contributed by atoms with Crippen molar-refractivity contribution in [3.05, 3.63) is 65.7 Å². The molecular weight excluding hydrogens is 264 g/mol. The molecule has 0 aliphatic rings. The van der Waals surface area contributed by atoms with E-state index in [4.69, 9.17) is 10.00 Å². The first-order valence-electron chi connectivity index (χ1n) is 6.70. The van der Waals surface area contributed by atoms with Crippen LogP contribution in [0, 0.1) is 11.3 Å². The number of anilines is 1. The second-order valence-corrected chi connectivity index (χ2v) is 4.49. The predicted molar refractivity (Wildman–Crippen MR) is 80.8 cm³/mol. The molecule has 2 aromatic rings. The van der Waals surface area contributed by atoms with Crippen molar-refractivity contribution in [2.45, 2.75) is 6.42 Å². The smallest absolute Gasteiger partial charge is 0.250 e. The summed E-state index contributed by atoms with van der Waals surface area (Å²) in [5.74, 6) is -0.259. The van der Waals surface area contributed by atoms with Crippen LogP contribution in [0.1, 0.15) is 11.1 Å². The maximum absolute atomic E-state index is 11.7. The maximum atomic E-state index is 11.7. The van der Waals surface area contributed by atoms with Crippen LogP contribution in [0.5, 0.6) is 0 Å². The van der Waals surface area contributed by atoms with Crippen LogP contribution in [-0.2, 0) is 16.0 Å². The van der Waals surface area contributed by atoms with Gasteiger partial charge in [-0.3, -0.25) is 4.79 Å². The molecule has 0 spiro atoms. The van der Waals surface area contributed by atoms with Gasteiger partial charge < -0.3 is 10.1 Å². The van der Waals surface area contributed by atoms with Crippen LogP contribution in [0.2, 0.25) is 0 Å². The number of nitrogens with zero attached hydrogens (tertiary/aromatic N) is 1. The van der Waals surface area contributed by atoms with Gasteiger partial charge in [0, 0.05) is 0 Å². The molecule has 0 bridgehead atoms. The zero-order valence-corrected chi connectivity index (χ0v) is 11.6. The first-order chi connectivity index (χ1) is 10.3. The summed E-state index contributed by atoms with van der Waals surface area (Å²) >= 11 is 0. The Hall–Kier alpha value is -2.64. The van der Waals surface area contributed by atoms with Crippen LogP contribution in [0.3, 0.4) is 0 Å². The number of carbonyl (C=O) groups excluding carboxylic acids is 1. The number of carbonyl (C=O) groups is 1. The van der Waals surface area contributed by atoms with Gasteiger partial charge in [-0.1, -0.05) is 42.5 Å². The van der Waals surface area contributed by atoms with Crippen molar-refractivity contribution >= 4 is 11.6 Å². The molecule has 0 fully saturated rings. The van der Waals surface area contributed by atoms with Gasteiger partial charge in [0.25, 0.3) is 0 Å². The molecule has 0 saturated heterocycles. The van der Waals surface area contributed by atoms with Gasteiger partial charge in [0.15, 0.2) is 0 Å². The lowest BCUT2D eigenvalue weighted by molar-refractivity contribution is -0.120. The molecule has 1 N–H and O–H groups in total. The molecule has 0 aliphatic heterocycles. The normalized spacial score (nSPS) is 9.86. The van der Waals surface area contributed by atoms with Crippen LogP contribution >= 0.6 is 0 Å². The number of nitrogens with one attached hydrogen (secondary N) is 1. The second kappa shape index (κ2) is 7.83. The quantitative estimate of drug-likeness (QED) is 0.828. The Balaban J connectivity index is 1.74. The minimum Gasteiger partial charge on any atom is -0.371 e. The molecule has 0 heterocycles. The molecule has 0 radical (unpaired) electrons. The highest BCUT2D eigenvalue weighted by Gasteiger charge is 2.06. The average Bonchev–Trinajstić information content (AvgIpc) is 2.53. The SMILES string of the molecule is N#Cc1ccccc1NC(=O)COCCc1ccccc1. The number of hydrogen-bond donors (Lipinski definition) is 1. The number of rotatable bonds is 6. The molecule has 0 unspecified atom stereocenters. The van der Waals surface area contributed by atoms with Gasteiger partial charge in [-0.05, 0) is 24.1 Å². The fourth-order valence-corrected chi connectivity index (χ4v) is 1.88. The number of hydrogen-bond acceptors (Lipinski definition) is 3. The van der Waals surface area contributed by atoms with Gasteiger partial charge in [0.2, 0.25) is 5.91 Å². The third kappa shape index (κ3) is 4.75. The highest BCUT2D eigenvalue weighted by molar-refractivity contribution is 5.92. The summed E-state index contributed by atoms with van der Waals surface area (Å²) in [6.45, 7) is 0.462. The lowest BCUT2D eigenvalue weighted by atomic mass is 10.2. The molecule has 4 nitrogen and oxygen atoms in total. The van der Waals surface area contributed by atoms with E-state index in [-0.39, 0.29) is 12.5 Å². The number of para-hydroxylation sites is 1.